The van der Waals surface area contributed by atoms with Crippen LogP contribution in [0.15, 0.2) is 6.07 Å². The zero-order chi connectivity index (χ0) is 10.0. The SMILES string of the molecule is O=C(Cl)Oc1cc(Cl)c(Cl)nc1Cl. The van der Waals surface area contributed by atoms with Crippen molar-refractivity contribution in [3.8, 4) is 5.75 Å². The zero-order valence-corrected chi connectivity index (χ0v) is 8.88. The minimum Gasteiger partial charge on any atom is -0.411 e. The summed E-state index contributed by atoms with van der Waals surface area (Å²) in [6, 6.07) is 1.25. The minimum atomic E-state index is -1.03. The van der Waals surface area contributed by atoms with Crippen LogP contribution >= 0.6 is 46.4 Å². The molecule has 0 aromatic carbocycles. The molecule has 0 atom stereocenters. The van der Waals surface area contributed by atoms with E-state index in [4.69, 9.17) is 46.4 Å². The molecule has 0 bridgehead atoms. The van der Waals surface area contributed by atoms with Crippen LogP contribution in [0, 0.1) is 0 Å². The van der Waals surface area contributed by atoms with Gasteiger partial charge in [-0.2, -0.15) is 0 Å². The standard InChI is InChI=1S/C6HCl4NO2/c7-2-1-3(13-6(10)12)5(9)11-4(2)8/h1H. The molecule has 0 saturated heterocycles. The van der Waals surface area contributed by atoms with Gasteiger partial charge in [0.2, 0.25) is 0 Å². The first kappa shape index (κ1) is 10.9. The van der Waals surface area contributed by atoms with Gasteiger partial charge in [0, 0.05) is 17.7 Å². The Morgan fingerprint density at radius 1 is 1.31 bits per heavy atom. The van der Waals surface area contributed by atoms with Crippen LogP contribution in [0.2, 0.25) is 15.3 Å². The third-order valence-corrected chi connectivity index (χ3v) is 2.07. The molecule has 1 heterocycles. The first-order valence-electron chi connectivity index (χ1n) is 2.89. The summed E-state index contributed by atoms with van der Waals surface area (Å²) in [6.45, 7) is 0. The van der Waals surface area contributed by atoms with E-state index in [-0.39, 0.29) is 21.1 Å². The third-order valence-electron chi connectivity index (χ3n) is 1.04. The average molecular weight is 261 g/mol. The maximum atomic E-state index is 10.3. The highest BCUT2D eigenvalue weighted by Crippen LogP contribution is 2.30. The van der Waals surface area contributed by atoms with Gasteiger partial charge in [-0.15, -0.1) is 0 Å². The molecule has 0 amide bonds. The minimum absolute atomic E-state index is 0.0287. The van der Waals surface area contributed by atoms with Crippen molar-refractivity contribution in [1.29, 1.82) is 0 Å². The molecule has 0 N–H and O–H groups in total. The van der Waals surface area contributed by atoms with Crippen molar-refractivity contribution in [3.05, 3.63) is 21.4 Å². The smallest absolute Gasteiger partial charge is 0.409 e. The van der Waals surface area contributed by atoms with Crippen LogP contribution in [0.4, 0.5) is 4.79 Å². The molecule has 0 fully saturated rings. The van der Waals surface area contributed by atoms with E-state index >= 15 is 0 Å². The van der Waals surface area contributed by atoms with Crippen molar-refractivity contribution in [2.75, 3.05) is 0 Å². The van der Waals surface area contributed by atoms with E-state index in [9.17, 15) is 4.79 Å². The second-order valence-electron chi connectivity index (χ2n) is 1.89. The third kappa shape index (κ3) is 2.88. The van der Waals surface area contributed by atoms with E-state index in [1.54, 1.807) is 0 Å². The van der Waals surface area contributed by atoms with Gasteiger partial charge in [0.05, 0.1) is 5.02 Å². The molecule has 1 aromatic heterocycles. The fourth-order valence-electron chi connectivity index (χ4n) is 0.587. The molecular formula is C6HCl4NO2. The predicted octanol–water partition coefficient (Wildman–Crippen LogP) is 3.78. The number of carbonyl (C=O) groups is 1. The van der Waals surface area contributed by atoms with E-state index in [2.05, 4.69) is 9.72 Å². The molecule has 0 aliphatic carbocycles. The summed E-state index contributed by atoms with van der Waals surface area (Å²) in [7, 11) is 0. The van der Waals surface area contributed by atoms with Crippen LogP contribution in [-0.2, 0) is 0 Å². The molecule has 13 heavy (non-hydrogen) atoms. The van der Waals surface area contributed by atoms with Crippen molar-refractivity contribution >= 4 is 51.8 Å². The van der Waals surface area contributed by atoms with Gasteiger partial charge in [0.1, 0.15) is 5.15 Å². The highest BCUT2D eigenvalue weighted by atomic mass is 35.5. The Balaban J connectivity index is 3.08. The Morgan fingerprint density at radius 2 is 1.92 bits per heavy atom. The summed E-state index contributed by atoms with van der Waals surface area (Å²) in [6.07, 6.45) is 0. The van der Waals surface area contributed by atoms with Crippen molar-refractivity contribution in [3.63, 3.8) is 0 Å². The van der Waals surface area contributed by atoms with Gasteiger partial charge in [-0.25, -0.2) is 9.78 Å². The Hall–Kier alpha value is -0.220. The molecule has 1 rings (SSSR count). The van der Waals surface area contributed by atoms with Crippen molar-refractivity contribution in [1.82, 2.24) is 4.98 Å². The molecule has 0 aliphatic heterocycles. The maximum Gasteiger partial charge on any atom is 0.409 e. The fourth-order valence-corrected chi connectivity index (χ4v) is 1.17. The number of carbonyl (C=O) groups excluding carboxylic acids is 1. The molecule has 1 aromatic rings. The normalized spacial score (nSPS) is 9.85. The predicted molar refractivity (Wildman–Crippen MR) is 51.1 cm³/mol. The summed E-state index contributed by atoms with van der Waals surface area (Å²) in [5.41, 5.74) is -1.03. The lowest BCUT2D eigenvalue weighted by atomic mass is 10.4. The second-order valence-corrected chi connectivity index (χ2v) is 3.32. The Labute approximate surface area is 93.5 Å². The van der Waals surface area contributed by atoms with Crippen LogP contribution in [0.3, 0.4) is 0 Å². The Bertz CT molecular complexity index is 355. The number of halogens is 4. The number of rotatable bonds is 1. The fraction of sp³-hybridized carbons (Fsp3) is 0. The van der Waals surface area contributed by atoms with E-state index in [1.165, 1.54) is 6.07 Å². The molecule has 70 valence electrons. The molecule has 0 spiro atoms. The molecule has 3 nitrogen and oxygen atoms in total. The van der Waals surface area contributed by atoms with Crippen LogP contribution in [0.5, 0.6) is 5.75 Å². The van der Waals surface area contributed by atoms with Gasteiger partial charge in [-0.1, -0.05) is 34.8 Å². The Kier molecular flexibility index (Phi) is 3.62. The second kappa shape index (κ2) is 4.33. The summed E-state index contributed by atoms with van der Waals surface area (Å²) in [5, 5.41) is 0.0726. The van der Waals surface area contributed by atoms with Gasteiger partial charge in [-0.3, -0.25) is 0 Å². The number of hydrogen-bond donors (Lipinski definition) is 0. The molecule has 0 unspecified atom stereocenters. The molecule has 0 saturated carbocycles. The largest absolute Gasteiger partial charge is 0.411 e. The van der Waals surface area contributed by atoms with Crippen molar-refractivity contribution in [2.24, 2.45) is 0 Å². The number of nitrogens with zero attached hydrogens (tertiary/aromatic N) is 1. The number of ether oxygens (including phenoxy) is 1. The Morgan fingerprint density at radius 3 is 2.46 bits per heavy atom. The zero-order valence-electron chi connectivity index (χ0n) is 5.85. The summed E-state index contributed by atoms with van der Waals surface area (Å²) in [5.74, 6) is -0.0314. The highest BCUT2D eigenvalue weighted by Gasteiger charge is 2.10. The lowest BCUT2D eigenvalue weighted by molar-refractivity contribution is 0.225. The molecular weight excluding hydrogens is 260 g/mol. The summed E-state index contributed by atoms with van der Waals surface area (Å²) >= 11 is 21.6. The maximum absolute atomic E-state index is 10.3. The lowest BCUT2D eigenvalue weighted by Crippen LogP contribution is -1.98. The van der Waals surface area contributed by atoms with E-state index in [1.807, 2.05) is 0 Å². The first-order valence-corrected chi connectivity index (χ1v) is 4.40. The molecule has 0 aliphatic rings. The van der Waals surface area contributed by atoms with Crippen LogP contribution < -0.4 is 4.74 Å². The number of hydrogen-bond acceptors (Lipinski definition) is 3. The van der Waals surface area contributed by atoms with Gasteiger partial charge in [0.25, 0.3) is 0 Å². The number of pyridine rings is 1. The first-order chi connectivity index (χ1) is 6.00. The number of aromatic nitrogens is 1. The summed E-state index contributed by atoms with van der Waals surface area (Å²) < 4.78 is 4.47. The van der Waals surface area contributed by atoms with Crippen molar-refractivity contribution < 1.29 is 9.53 Å². The van der Waals surface area contributed by atoms with Gasteiger partial charge in [0.15, 0.2) is 10.9 Å². The van der Waals surface area contributed by atoms with Crippen LogP contribution in [0.1, 0.15) is 0 Å². The van der Waals surface area contributed by atoms with Gasteiger partial charge >= 0.3 is 5.43 Å². The van der Waals surface area contributed by atoms with E-state index < -0.39 is 5.43 Å². The van der Waals surface area contributed by atoms with Crippen LogP contribution in [-0.4, -0.2) is 10.4 Å². The van der Waals surface area contributed by atoms with Gasteiger partial charge < -0.3 is 4.74 Å². The van der Waals surface area contributed by atoms with E-state index in [0.717, 1.165) is 0 Å². The average Bonchev–Trinajstić information content (AvgIpc) is 1.99. The highest BCUT2D eigenvalue weighted by molar-refractivity contribution is 6.61. The monoisotopic (exact) mass is 259 g/mol. The van der Waals surface area contributed by atoms with E-state index in [0.29, 0.717) is 0 Å². The molecule has 0 radical (unpaired) electrons. The topological polar surface area (TPSA) is 39.2 Å². The van der Waals surface area contributed by atoms with Crippen LogP contribution in [0.25, 0.3) is 0 Å². The summed E-state index contributed by atoms with van der Waals surface area (Å²) in [4.78, 5) is 13.9. The van der Waals surface area contributed by atoms with Gasteiger partial charge in [-0.05, 0) is 0 Å². The quantitative estimate of drug-likeness (QED) is 0.570. The molecule has 7 heteroatoms. The lowest BCUT2D eigenvalue weighted by Gasteiger charge is -2.02. The van der Waals surface area contributed by atoms with Crippen molar-refractivity contribution in [2.45, 2.75) is 0 Å².